The first-order valence-corrected chi connectivity index (χ1v) is 10.4. The number of carbonyl (C=O) groups excluding carboxylic acids is 1. The first-order chi connectivity index (χ1) is 14.3. The normalized spacial score (nSPS) is 25.1. The van der Waals surface area contributed by atoms with Gasteiger partial charge in [-0.1, -0.05) is 24.3 Å². The maximum atomic E-state index is 14.0. The highest BCUT2D eigenvalue weighted by atomic mass is 16.7. The molecule has 0 bridgehead atoms. The second-order valence-corrected chi connectivity index (χ2v) is 8.43. The van der Waals surface area contributed by atoms with Gasteiger partial charge in [0.25, 0.3) is 0 Å². The number of hydrogen-bond donors (Lipinski definition) is 1. The Morgan fingerprint density at radius 2 is 1.79 bits per heavy atom. The van der Waals surface area contributed by atoms with E-state index in [1.165, 1.54) is 5.56 Å². The highest BCUT2D eigenvalue weighted by Gasteiger charge is 2.54. The van der Waals surface area contributed by atoms with Gasteiger partial charge < -0.3 is 24.4 Å². The van der Waals surface area contributed by atoms with Gasteiger partial charge in [-0.25, -0.2) is 0 Å². The fraction of sp³-hybridized carbons (Fsp3) is 0.435. The van der Waals surface area contributed by atoms with E-state index in [2.05, 4.69) is 28.4 Å². The Kier molecular flexibility index (Phi) is 3.78. The highest BCUT2D eigenvalue weighted by Crippen LogP contribution is 2.52. The molecule has 1 unspecified atom stereocenters. The van der Waals surface area contributed by atoms with Gasteiger partial charge in [-0.15, -0.1) is 0 Å². The molecule has 1 saturated heterocycles. The van der Waals surface area contributed by atoms with Crippen LogP contribution in [0.15, 0.2) is 36.4 Å². The third kappa shape index (κ3) is 2.48. The lowest BCUT2D eigenvalue weighted by atomic mass is 9.70. The van der Waals surface area contributed by atoms with E-state index in [4.69, 9.17) is 14.2 Å². The summed E-state index contributed by atoms with van der Waals surface area (Å²) in [5.41, 5.74) is 2.35. The van der Waals surface area contributed by atoms with Crippen LogP contribution in [0.2, 0.25) is 0 Å². The molecule has 0 saturated carbocycles. The van der Waals surface area contributed by atoms with Gasteiger partial charge in [-0.3, -0.25) is 4.79 Å². The van der Waals surface area contributed by atoms with Crippen molar-refractivity contribution < 1.29 is 19.0 Å². The van der Waals surface area contributed by atoms with E-state index in [0.29, 0.717) is 30.6 Å². The van der Waals surface area contributed by atoms with Crippen molar-refractivity contribution in [2.24, 2.45) is 5.92 Å². The standard InChI is InChI=1S/C23H24N2O4/c26-22-23(13-27-19-10-21-20(9-18(19)23)28-14-29-21)17-4-2-1-3-16(17)12-25(22)11-15-5-7-24-8-6-15/h1-4,9-10,15,24H,5-8,11-14H2. The highest BCUT2D eigenvalue weighted by molar-refractivity contribution is 5.96. The van der Waals surface area contributed by atoms with E-state index < -0.39 is 5.41 Å². The van der Waals surface area contributed by atoms with Gasteiger partial charge in [0.1, 0.15) is 17.8 Å². The third-order valence-corrected chi connectivity index (χ3v) is 6.81. The third-order valence-electron chi connectivity index (χ3n) is 6.81. The summed E-state index contributed by atoms with van der Waals surface area (Å²) in [6.07, 6.45) is 2.23. The van der Waals surface area contributed by atoms with Gasteiger partial charge >= 0.3 is 0 Å². The summed E-state index contributed by atoms with van der Waals surface area (Å²) >= 11 is 0. The second-order valence-electron chi connectivity index (χ2n) is 8.43. The van der Waals surface area contributed by atoms with Gasteiger partial charge in [-0.2, -0.15) is 0 Å². The largest absolute Gasteiger partial charge is 0.491 e. The van der Waals surface area contributed by atoms with Crippen LogP contribution in [0.25, 0.3) is 0 Å². The lowest BCUT2D eigenvalue weighted by molar-refractivity contribution is -0.139. The molecule has 0 radical (unpaired) electrons. The molecule has 1 spiro atoms. The SMILES string of the molecule is O=C1N(CC2CCNCC2)Cc2ccccc2C12COc1cc3c(cc12)OCO3. The van der Waals surface area contributed by atoms with Crippen molar-refractivity contribution in [1.29, 1.82) is 0 Å². The van der Waals surface area contributed by atoms with Crippen LogP contribution in [-0.4, -0.2) is 43.8 Å². The van der Waals surface area contributed by atoms with Crippen molar-refractivity contribution in [2.75, 3.05) is 33.0 Å². The Bertz CT molecular complexity index is 985. The number of piperidine rings is 1. The monoisotopic (exact) mass is 392 g/mol. The minimum atomic E-state index is -0.807. The fourth-order valence-corrected chi connectivity index (χ4v) is 5.30. The molecule has 6 heteroatoms. The summed E-state index contributed by atoms with van der Waals surface area (Å²) in [5.74, 6) is 2.79. The van der Waals surface area contributed by atoms with Crippen LogP contribution >= 0.6 is 0 Å². The number of fused-ring (bicyclic) bond motifs is 5. The quantitative estimate of drug-likeness (QED) is 0.851. The van der Waals surface area contributed by atoms with E-state index >= 15 is 0 Å². The lowest BCUT2D eigenvalue weighted by Crippen LogP contribution is -2.54. The predicted molar refractivity (Wildman–Crippen MR) is 106 cm³/mol. The minimum absolute atomic E-state index is 0.146. The summed E-state index contributed by atoms with van der Waals surface area (Å²) < 4.78 is 17.2. The van der Waals surface area contributed by atoms with Crippen molar-refractivity contribution >= 4 is 5.91 Å². The fourth-order valence-electron chi connectivity index (χ4n) is 5.30. The van der Waals surface area contributed by atoms with E-state index in [-0.39, 0.29) is 12.7 Å². The Morgan fingerprint density at radius 3 is 2.66 bits per heavy atom. The van der Waals surface area contributed by atoms with E-state index in [1.54, 1.807) is 0 Å². The van der Waals surface area contributed by atoms with Crippen molar-refractivity contribution in [2.45, 2.75) is 24.8 Å². The minimum Gasteiger partial charge on any atom is -0.491 e. The number of nitrogens with one attached hydrogen (secondary N) is 1. The molecule has 0 aromatic heterocycles. The Hall–Kier alpha value is -2.73. The van der Waals surface area contributed by atoms with Gasteiger partial charge in [0.15, 0.2) is 11.5 Å². The molecule has 6 nitrogen and oxygen atoms in total. The maximum absolute atomic E-state index is 14.0. The Balaban J connectivity index is 1.46. The van der Waals surface area contributed by atoms with Crippen LogP contribution < -0.4 is 19.5 Å². The molecule has 2 aromatic carbocycles. The molecule has 1 amide bonds. The maximum Gasteiger partial charge on any atom is 0.241 e. The molecule has 1 N–H and O–H groups in total. The van der Waals surface area contributed by atoms with Gasteiger partial charge in [0, 0.05) is 24.7 Å². The summed E-state index contributed by atoms with van der Waals surface area (Å²) in [6, 6.07) is 12.1. The van der Waals surface area contributed by atoms with Crippen molar-refractivity contribution in [3.05, 3.63) is 53.1 Å². The smallest absolute Gasteiger partial charge is 0.241 e. The van der Waals surface area contributed by atoms with Crippen LogP contribution in [0, 0.1) is 5.92 Å². The summed E-state index contributed by atoms with van der Waals surface area (Å²) in [4.78, 5) is 16.1. The molecular formula is C23H24N2O4. The molecule has 4 heterocycles. The van der Waals surface area contributed by atoms with Crippen LogP contribution in [0.1, 0.15) is 29.5 Å². The zero-order chi connectivity index (χ0) is 19.4. The molecule has 2 aromatic rings. The van der Waals surface area contributed by atoms with Gasteiger partial charge in [0.2, 0.25) is 12.7 Å². The second kappa shape index (κ2) is 6.39. The first-order valence-electron chi connectivity index (χ1n) is 10.4. The van der Waals surface area contributed by atoms with Crippen molar-refractivity contribution in [1.82, 2.24) is 10.2 Å². The number of rotatable bonds is 2. The average Bonchev–Trinajstić information content (AvgIpc) is 3.36. The van der Waals surface area contributed by atoms with Crippen LogP contribution in [0.4, 0.5) is 0 Å². The molecule has 1 fully saturated rings. The summed E-state index contributed by atoms with van der Waals surface area (Å²) in [6.45, 7) is 4.06. The predicted octanol–water partition coefficient (Wildman–Crippen LogP) is 2.44. The number of benzene rings is 2. The average molecular weight is 392 g/mol. The molecule has 4 aliphatic rings. The first kappa shape index (κ1) is 17.2. The van der Waals surface area contributed by atoms with Crippen LogP contribution in [-0.2, 0) is 16.8 Å². The topological polar surface area (TPSA) is 60.0 Å². The molecular weight excluding hydrogens is 368 g/mol. The zero-order valence-corrected chi connectivity index (χ0v) is 16.3. The number of carbonyl (C=O) groups is 1. The number of hydrogen-bond acceptors (Lipinski definition) is 5. The van der Waals surface area contributed by atoms with Gasteiger partial charge in [-0.05, 0) is 49.0 Å². The van der Waals surface area contributed by atoms with Crippen LogP contribution in [0.3, 0.4) is 0 Å². The number of ether oxygens (including phenoxy) is 3. The van der Waals surface area contributed by atoms with E-state index in [1.807, 2.05) is 18.2 Å². The van der Waals surface area contributed by atoms with E-state index in [0.717, 1.165) is 49.4 Å². The van der Waals surface area contributed by atoms with Crippen molar-refractivity contribution in [3.8, 4) is 17.2 Å². The zero-order valence-electron chi connectivity index (χ0n) is 16.3. The molecule has 6 rings (SSSR count). The molecule has 0 aliphatic carbocycles. The Morgan fingerprint density at radius 1 is 1.00 bits per heavy atom. The lowest BCUT2D eigenvalue weighted by Gasteiger charge is -2.42. The molecule has 150 valence electrons. The molecule has 29 heavy (non-hydrogen) atoms. The number of nitrogens with zero attached hydrogens (tertiary/aromatic N) is 1. The van der Waals surface area contributed by atoms with E-state index in [9.17, 15) is 4.79 Å². The summed E-state index contributed by atoms with van der Waals surface area (Å²) in [5, 5.41) is 3.42. The molecule has 1 atom stereocenters. The Labute approximate surface area is 169 Å². The number of amides is 1. The van der Waals surface area contributed by atoms with Crippen LogP contribution in [0.5, 0.6) is 17.2 Å². The summed E-state index contributed by atoms with van der Waals surface area (Å²) in [7, 11) is 0. The molecule has 4 aliphatic heterocycles. The van der Waals surface area contributed by atoms with Crippen molar-refractivity contribution in [3.63, 3.8) is 0 Å². The van der Waals surface area contributed by atoms with Gasteiger partial charge in [0.05, 0.1) is 0 Å².